The molecule has 1 spiro atoms. The number of carbonyl (C=O) groups excluding carboxylic acids is 1. The molecule has 1 saturated heterocycles. The Hall–Kier alpha value is -2.04. The van der Waals surface area contributed by atoms with Crippen LogP contribution >= 0.6 is 0 Å². The summed E-state index contributed by atoms with van der Waals surface area (Å²) in [6.45, 7) is 1.00. The summed E-state index contributed by atoms with van der Waals surface area (Å²) in [7, 11) is 0. The molecular weight excluding hydrogens is 258 g/mol. The third-order valence-corrected chi connectivity index (χ3v) is 4.30. The lowest BCUT2D eigenvalue weighted by molar-refractivity contribution is -0.142. The van der Waals surface area contributed by atoms with Crippen LogP contribution in [0.2, 0.25) is 0 Å². The number of nitrogens with zero attached hydrogens (tertiary/aromatic N) is 1. The van der Waals surface area contributed by atoms with Gasteiger partial charge in [0.05, 0.1) is 5.92 Å². The van der Waals surface area contributed by atoms with Crippen LogP contribution in [0.5, 0.6) is 0 Å². The number of rotatable bonds is 3. The summed E-state index contributed by atoms with van der Waals surface area (Å²) in [6.07, 6.45) is 1.38. The number of aliphatic carboxylic acids is 1. The van der Waals surface area contributed by atoms with Crippen LogP contribution in [0.3, 0.4) is 0 Å². The van der Waals surface area contributed by atoms with E-state index in [1.54, 1.807) is 0 Å². The van der Waals surface area contributed by atoms with Gasteiger partial charge in [-0.25, -0.2) is 4.79 Å². The molecule has 5 heteroatoms. The second kappa shape index (κ2) is 4.81. The van der Waals surface area contributed by atoms with Crippen molar-refractivity contribution in [2.24, 2.45) is 11.3 Å². The molecule has 1 aromatic carbocycles. The first-order valence-electron chi connectivity index (χ1n) is 6.79. The maximum absolute atomic E-state index is 12.0. The number of benzene rings is 1. The summed E-state index contributed by atoms with van der Waals surface area (Å²) >= 11 is 0. The van der Waals surface area contributed by atoms with Gasteiger partial charge in [-0.3, -0.25) is 4.79 Å². The van der Waals surface area contributed by atoms with E-state index >= 15 is 0 Å². The van der Waals surface area contributed by atoms with Crippen molar-refractivity contribution in [2.75, 3.05) is 13.1 Å². The van der Waals surface area contributed by atoms with Gasteiger partial charge in [0.15, 0.2) is 0 Å². The Morgan fingerprint density at radius 3 is 2.55 bits per heavy atom. The Bertz CT molecular complexity index is 524. The first-order valence-corrected chi connectivity index (χ1v) is 6.79. The maximum atomic E-state index is 12.0. The van der Waals surface area contributed by atoms with Gasteiger partial charge in [-0.15, -0.1) is 0 Å². The molecule has 0 unspecified atom stereocenters. The van der Waals surface area contributed by atoms with Crippen LogP contribution in [0.4, 0.5) is 4.79 Å². The van der Waals surface area contributed by atoms with E-state index in [9.17, 15) is 14.7 Å². The summed E-state index contributed by atoms with van der Waals surface area (Å²) in [5.41, 5.74) is 0.744. The third-order valence-electron chi connectivity index (χ3n) is 4.30. The lowest BCUT2D eigenvalue weighted by Crippen LogP contribution is -2.30. The molecular formula is C15H17NO4. The molecule has 1 saturated carbocycles. The Morgan fingerprint density at radius 1 is 1.30 bits per heavy atom. The van der Waals surface area contributed by atoms with E-state index in [1.165, 1.54) is 4.90 Å². The molecule has 1 aromatic rings. The molecule has 2 aliphatic rings. The van der Waals surface area contributed by atoms with Gasteiger partial charge in [-0.2, -0.15) is 0 Å². The molecule has 5 nitrogen and oxygen atoms in total. The SMILES string of the molecule is O=C(O)[C@@H]1CN(C(=O)OCc2ccccc2)CC12CC2. The minimum Gasteiger partial charge on any atom is -0.481 e. The highest BCUT2D eigenvalue weighted by molar-refractivity contribution is 5.76. The largest absolute Gasteiger partial charge is 0.481 e. The minimum atomic E-state index is -0.805. The second-order valence-corrected chi connectivity index (χ2v) is 5.67. The summed E-state index contributed by atoms with van der Waals surface area (Å²) in [5.74, 6) is -1.24. The zero-order chi connectivity index (χ0) is 14.2. The molecule has 3 rings (SSSR count). The number of carboxylic acid groups (broad SMARTS) is 1. The first-order chi connectivity index (χ1) is 9.61. The number of hydrogen-bond donors (Lipinski definition) is 1. The fourth-order valence-electron chi connectivity index (χ4n) is 2.93. The zero-order valence-corrected chi connectivity index (χ0v) is 11.1. The molecule has 1 N–H and O–H groups in total. The zero-order valence-electron chi connectivity index (χ0n) is 11.1. The van der Waals surface area contributed by atoms with Crippen LogP contribution in [0.1, 0.15) is 18.4 Å². The number of likely N-dealkylation sites (tertiary alicyclic amines) is 1. The molecule has 1 aliphatic heterocycles. The van der Waals surface area contributed by atoms with Crippen LogP contribution < -0.4 is 0 Å². The van der Waals surface area contributed by atoms with Gasteiger partial charge in [0.1, 0.15) is 6.61 Å². The highest BCUT2D eigenvalue weighted by Gasteiger charge is 2.59. The van der Waals surface area contributed by atoms with Crippen LogP contribution in [-0.2, 0) is 16.1 Å². The van der Waals surface area contributed by atoms with Crippen molar-refractivity contribution in [3.8, 4) is 0 Å². The molecule has 0 bridgehead atoms. The predicted molar refractivity (Wildman–Crippen MR) is 71.0 cm³/mol. The average molecular weight is 275 g/mol. The normalized spacial score (nSPS) is 22.8. The number of carbonyl (C=O) groups is 2. The molecule has 0 aromatic heterocycles. The van der Waals surface area contributed by atoms with Crippen molar-refractivity contribution in [3.63, 3.8) is 0 Å². The highest BCUT2D eigenvalue weighted by atomic mass is 16.6. The Morgan fingerprint density at radius 2 is 2.00 bits per heavy atom. The van der Waals surface area contributed by atoms with Crippen molar-refractivity contribution in [3.05, 3.63) is 35.9 Å². The molecule has 0 radical (unpaired) electrons. The summed E-state index contributed by atoms with van der Waals surface area (Å²) in [6, 6.07) is 9.46. The quantitative estimate of drug-likeness (QED) is 0.917. The van der Waals surface area contributed by atoms with Gasteiger partial charge in [-0.05, 0) is 18.4 Å². The van der Waals surface area contributed by atoms with Gasteiger partial charge in [0.2, 0.25) is 0 Å². The topological polar surface area (TPSA) is 66.8 Å². The van der Waals surface area contributed by atoms with Crippen molar-refractivity contribution < 1.29 is 19.4 Å². The third kappa shape index (κ3) is 2.35. The molecule has 20 heavy (non-hydrogen) atoms. The van der Waals surface area contributed by atoms with Crippen LogP contribution in [0.15, 0.2) is 30.3 Å². The number of ether oxygens (including phenoxy) is 1. The first kappa shape index (κ1) is 13.0. The maximum Gasteiger partial charge on any atom is 0.410 e. The van der Waals surface area contributed by atoms with Gasteiger partial charge in [0.25, 0.3) is 0 Å². The van der Waals surface area contributed by atoms with Gasteiger partial charge in [0, 0.05) is 18.5 Å². The molecule has 1 atom stereocenters. The average Bonchev–Trinajstić information content (AvgIpc) is 3.09. The van der Waals surface area contributed by atoms with E-state index < -0.39 is 18.0 Å². The number of hydrogen-bond acceptors (Lipinski definition) is 3. The Kier molecular flexibility index (Phi) is 3.12. The van der Waals surface area contributed by atoms with Crippen molar-refractivity contribution >= 4 is 12.1 Å². The van der Waals surface area contributed by atoms with E-state index in [-0.39, 0.29) is 18.6 Å². The number of carboxylic acids is 1. The van der Waals surface area contributed by atoms with E-state index in [2.05, 4.69) is 0 Å². The fraction of sp³-hybridized carbons (Fsp3) is 0.467. The van der Waals surface area contributed by atoms with E-state index in [0.29, 0.717) is 6.54 Å². The predicted octanol–water partition coefficient (Wildman–Crippen LogP) is 2.12. The molecule has 2 fully saturated rings. The second-order valence-electron chi connectivity index (χ2n) is 5.67. The van der Waals surface area contributed by atoms with Crippen LogP contribution in [0.25, 0.3) is 0 Å². The van der Waals surface area contributed by atoms with E-state index in [0.717, 1.165) is 18.4 Å². The van der Waals surface area contributed by atoms with Gasteiger partial charge >= 0.3 is 12.1 Å². The Labute approximate surface area is 117 Å². The standard InChI is InChI=1S/C15H17NO4/c17-13(18)12-8-16(10-15(12)6-7-15)14(19)20-9-11-4-2-1-3-5-11/h1-5,12H,6-10H2,(H,17,18)/t12-/m0/s1. The molecule has 1 heterocycles. The Balaban J connectivity index is 1.58. The van der Waals surface area contributed by atoms with Gasteiger partial charge < -0.3 is 14.7 Å². The minimum absolute atomic E-state index is 0.183. The van der Waals surface area contributed by atoms with Crippen molar-refractivity contribution in [1.82, 2.24) is 4.90 Å². The summed E-state index contributed by atoms with van der Waals surface area (Å²) in [4.78, 5) is 24.8. The summed E-state index contributed by atoms with van der Waals surface area (Å²) < 4.78 is 5.26. The lowest BCUT2D eigenvalue weighted by Gasteiger charge is -2.15. The van der Waals surface area contributed by atoms with Crippen LogP contribution in [-0.4, -0.2) is 35.2 Å². The lowest BCUT2D eigenvalue weighted by atomic mass is 9.93. The van der Waals surface area contributed by atoms with Gasteiger partial charge in [-0.1, -0.05) is 30.3 Å². The molecule has 1 amide bonds. The van der Waals surface area contributed by atoms with Crippen molar-refractivity contribution in [2.45, 2.75) is 19.4 Å². The smallest absolute Gasteiger partial charge is 0.410 e. The van der Waals surface area contributed by atoms with Crippen molar-refractivity contribution in [1.29, 1.82) is 0 Å². The van der Waals surface area contributed by atoms with Crippen LogP contribution in [0, 0.1) is 11.3 Å². The molecule has 1 aliphatic carbocycles. The fourth-order valence-corrected chi connectivity index (χ4v) is 2.93. The van der Waals surface area contributed by atoms with E-state index in [1.807, 2.05) is 30.3 Å². The monoisotopic (exact) mass is 275 g/mol. The highest BCUT2D eigenvalue weighted by Crippen LogP contribution is 2.56. The summed E-state index contributed by atoms with van der Waals surface area (Å²) in [5, 5.41) is 9.22. The van der Waals surface area contributed by atoms with E-state index in [4.69, 9.17) is 4.74 Å². The number of amides is 1. The molecule has 106 valence electrons.